The number of carbonyl (C=O) groups is 1. The molecule has 0 unspecified atom stereocenters. The third-order valence-electron chi connectivity index (χ3n) is 4.68. The quantitative estimate of drug-likeness (QED) is 0.860. The van der Waals surface area contributed by atoms with Gasteiger partial charge < -0.3 is 10.3 Å². The summed E-state index contributed by atoms with van der Waals surface area (Å²) in [4.78, 5) is 17.2. The van der Waals surface area contributed by atoms with E-state index in [4.69, 9.17) is 5.73 Å². The van der Waals surface area contributed by atoms with Gasteiger partial charge in [0.15, 0.2) is 5.82 Å². The number of ketones is 1. The van der Waals surface area contributed by atoms with E-state index < -0.39 is 0 Å². The number of nitrogens with two attached hydrogens (primary N) is 1. The van der Waals surface area contributed by atoms with Gasteiger partial charge in [-0.3, -0.25) is 4.79 Å². The first-order valence-electron chi connectivity index (χ1n) is 7.75. The lowest BCUT2D eigenvalue weighted by Crippen LogP contribution is -2.12. The zero-order valence-corrected chi connectivity index (χ0v) is 12.1. The summed E-state index contributed by atoms with van der Waals surface area (Å²) in [5.41, 5.74) is 10.0. The van der Waals surface area contributed by atoms with E-state index in [1.807, 2.05) is 10.6 Å². The van der Waals surface area contributed by atoms with Gasteiger partial charge in [-0.15, -0.1) is 0 Å². The van der Waals surface area contributed by atoms with Crippen LogP contribution >= 0.6 is 0 Å². The number of aromatic nitrogens is 2. The number of hydrogen-bond donors (Lipinski definition) is 1. The molecule has 0 fully saturated rings. The molecule has 21 heavy (non-hydrogen) atoms. The van der Waals surface area contributed by atoms with E-state index in [9.17, 15) is 4.79 Å². The lowest BCUT2D eigenvalue weighted by Gasteiger charge is -2.16. The first-order valence-corrected chi connectivity index (χ1v) is 7.75. The molecule has 0 amide bonds. The van der Waals surface area contributed by atoms with Crippen LogP contribution in [0.3, 0.4) is 0 Å². The average molecular weight is 281 g/mol. The van der Waals surface area contributed by atoms with Gasteiger partial charge in [-0.1, -0.05) is 12.1 Å². The van der Waals surface area contributed by atoms with E-state index in [-0.39, 0.29) is 5.78 Å². The Morgan fingerprint density at radius 1 is 1.10 bits per heavy atom. The zero-order chi connectivity index (χ0) is 14.4. The van der Waals surface area contributed by atoms with Gasteiger partial charge in [-0.25, -0.2) is 4.98 Å². The lowest BCUT2D eigenvalue weighted by atomic mass is 9.89. The van der Waals surface area contributed by atoms with Crippen LogP contribution in [0.2, 0.25) is 0 Å². The van der Waals surface area contributed by atoms with Crippen LogP contribution in [0.1, 0.15) is 52.3 Å². The van der Waals surface area contributed by atoms with Crippen LogP contribution in [0.5, 0.6) is 0 Å². The van der Waals surface area contributed by atoms with Crippen LogP contribution in [0, 0.1) is 0 Å². The summed E-state index contributed by atoms with van der Waals surface area (Å²) in [6.45, 7) is 0.853. The molecular weight excluding hydrogens is 262 g/mol. The van der Waals surface area contributed by atoms with Crippen molar-refractivity contribution in [3.8, 4) is 0 Å². The predicted molar refractivity (Wildman–Crippen MR) is 81.5 cm³/mol. The molecule has 0 radical (unpaired) electrons. The number of hydrogen-bond acceptors (Lipinski definition) is 3. The standard InChI is InChI=1S/C17H19N3O/c18-17-15(20-9-3-6-14(20)19-17)16(21)13-8-7-11-4-1-2-5-12(11)10-13/h7-8,10H,1-6,9,18H2. The van der Waals surface area contributed by atoms with E-state index in [2.05, 4.69) is 17.1 Å². The molecule has 4 heteroatoms. The number of nitrogen functional groups attached to an aromatic ring is 1. The summed E-state index contributed by atoms with van der Waals surface area (Å²) in [6, 6.07) is 6.12. The van der Waals surface area contributed by atoms with Crippen molar-refractivity contribution in [3.63, 3.8) is 0 Å². The maximum Gasteiger partial charge on any atom is 0.213 e. The number of fused-ring (bicyclic) bond motifs is 2. The number of aryl methyl sites for hydroxylation is 3. The predicted octanol–water partition coefficient (Wildman–Crippen LogP) is 2.52. The van der Waals surface area contributed by atoms with E-state index in [0.29, 0.717) is 11.5 Å². The van der Waals surface area contributed by atoms with Gasteiger partial charge in [0.1, 0.15) is 11.5 Å². The van der Waals surface area contributed by atoms with Crippen LogP contribution in [0.15, 0.2) is 18.2 Å². The van der Waals surface area contributed by atoms with Gasteiger partial charge in [0, 0.05) is 18.5 Å². The molecule has 0 bridgehead atoms. The molecule has 0 atom stereocenters. The smallest absolute Gasteiger partial charge is 0.213 e. The number of nitrogens with zero attached hydrogens (tertiary/aromatic N) is 2. The Balaban J connectivity index is 1.75. The Hall–Kier alpha value is -2.10. The van der Waals surface area contributed by atoms with Gasteiger partial charge in [-0.05, 0) is 49.3 Å². The van der Waals surface area contributed by atoms with Crippen molar-refractivity contribution in [2.45, 2.75) is 45.1 Å². The minimum atomic E-state index is 0.0153. The van der Waals surface area contributed by atoms with Crippen molar-refractivity contribution in [2.24, 2.45) is 0 Å². The summed E-state index contributed by atoms with van der Waals surface area (Å²) in [7, 11) is 0. The van der Waals surface area contributed by atoms with E-state index in [0.717, 1.165) is 43.6 Å². The van der Waals surface area contributed by atoms with Crippen LogP contribution < -0.4 is 5.73 Å². The molecule has 0 saturated heterocycles. The van der Waals surface area contributed by atoms with Gasteiger partial charge in [0.2, 0.25) is 5.78 Å². The Morgan fingerprint density at radius 3 is 2.76 bits per heavy atom. The highest BCUT2D eigenvalue weighted by atomic mass is 16.1. The molecular formula is C17H19N3O. The third-order valence-corrected chi connectivity index (χ3v) is 4.68. The average Bonchev–Trinajstić information content (AvgIpc) is 3.06. The molecule has 0 saturated carbocycles. The molecule has 1 aromatic carbocycles. The normalized spacial score (nSPS) is 16.6. The zero-order valence-electron chi connectivity index (χ0n) is 12.1. The summed E-state index contributed by atoms with van der Waals surface area (Å²) in [6.07, 6.45) is 6.65. The molecule has 1 aliphatic heterocycles. The Bertz CT molecular complexity index is 730. The fraction of sp³-hybridized carbons (Fsp3) is 0.412. The Kier molecular flexibility index (Phi) is 2.84. The monoisotopic (exact) mass is 281 g/mol. The molecule has 2 aromatic rings. The largest absolute Gasteiger partial charge is 0.382 e. The minimum absolute atomic E-state index is 0.0153. The van der Waals surface area contributed by atoms with Gasteiger partial charge in [0.05, 0.1) is 0 Å². The minimum Gasteiger partial charge on any atom is -0.382 e. The van der Waals surface area contributed by atoms with Crippen molar-refractivity contribution in [3.05, 3.63) is 46.4 Å². The van der Waals surface area contributed by atoms with Crippen LogP contribution in [0.4, 0.5) is 5.82 Å². The maximum atomic E-state index is 12.8. The fourth-order valence-corrected chi connectivity index (χ4v) is 3.60. The summed E-state index contributed by atoms with van der Waals surface area (Å²) < 4.78 is 2.00. The van der Waals surface area contributed by atoms with Crippen LogP contribution in [0.25, 0.3) is 0 Å². The highest BCUT2D eigenvalue weighted by Gasteiger charge is 2.25. The van der Waals surface area contributed by atoms with Crippen molar-refractivity contribution < 1.29 is 4.79 Å². The second-order valence-electron chi connectivity index (χ2n) is 6.04. The number of carbonyl (C=O) groups excluding carboxylic acids is 1. The Labute approximate surface area is 124 Å². The van der Waals surface area contributed by atoms with E-state index >= 15 is 0 Å². The van der Waals surface area contributed by atoms with Crippen LogP contribution in [-0.2, 0) is 25.8 Å². The number of imidazole rings is 1. The van der Waals surface area contributed by atoms with Crippen LogP contribution in [-0.4, -0.2) is 15.3 Å². The number of rotatable bonds is 2. The summed E-state index contributed by atoms with van der Waals surface area (Å²) >= 11 is 0. The van der Waals surface area contributed by atoms with Crippen molar-refractivity contribution in [1.82, 2.24) is 9.55 Å². The summed E-state index contributed by atoms with van der Waals surface area (Å²) in [5.74, 6) is 1.35. The van der Waals surface area contributed by atoms with Gasteiger partial charge in [0.25, 0.3) is 0 Å². The van der Waals surface area contributed by atoms with Gasteiger partial charge >= 0.3 is 0 Å². The highest BCUT2D eigenvalue weighted by molar-refractivity contribution is 6.10. The highest BCUT2D eigenvalue weighted by Crippen LogP contribution is 2.27. The lowest BCUT2D eigenvalue weighted by molar-refractivity contribution is 0.103. The third kappa shape index (κ3) is 1.97. The van der Waals surface area contributed by atoms with Crippen molar-refractivity contribution in [1.29, 1.82) is 0 Å². The molecule has 108 valence electrons. The SMILES string of the molecule is Nc1nc2n(c1C(=O)c1ccc3c(c1)CCCC3)CCC2. The Morgan fingerprint density at radius 2 is 1.90 bits per heavy atom. The van der Waals surface area contributed by atoms with E-state index in [1.54, 1.807) is 0 Å². The summed E-state index contributed by atoms with van der Waals surface area (Å²) in [5, 5.41) is 0. The topological polar surface area (TPSA) is 60.9 Å². The van der Waals surface area contributed by atoms with Crippen molar-refractivity contribution in [2.75, 3.05) is 5.73 Å². The van der Waals surface area contributed by atoms with E-state index in [1.165, 1.54) is 24.0 Å². The molecule has 0 spiro atoms. The fourth-order valence-electron chi connectivity index (χ4n) is 3.60. The molecule has 4 rings (SSSR count). The molecule has 2 aliphatic rings. The maximum absolute atomic E-state index is 12.8. The van der Waals surface area contributed by atoms with Crippen molar-refractivity contribution >= 4 is 11.6 Å². The number of benzene rings is 1. The van der Waals surface area contributed by atoms with Gasteiger partial charge in [-0.2, -0.15) is 0 Å². The second kappa shape index (κ2) is 4.72. The molecule has 1 aliphatic carbocycles. The first-order chi connectivity index (χ1) is 10.2. The first kappa shape index (κ1) is 12.6. The molecule has 2 N–H and O–H groups in total. The molecule has 4 nitrogen and oxygen atoms in total. The molecule has 2 heterocycles. The molecule has 1 aromatic heterocycles. The number of anilines is 1. The second-order valence-corrected chi connectivity index (χ2v) is 6.04.